The summed E-state index contributed by atoms with van der Waals surface area (Å²) >= 11 is 1.13. The largest absolute Gasteiger partial charge is 0.388 e. The summed E-state index contributed by atoms with van der Waals surface area (Å²) in [5.74, 6) is -1.96. The number of halogens is 2. The van der Waals surface area contributed by atoms with E-state index in [1.165, 1.54) is 6.07 Å². The zero-order chi connectivity index (χ0) is 16.7. The molecule has 0 aliphatic carbocycles. The molecule has 0 heterocycles. The molecule has 6 heteroatoms. The Morgan fingerprint density at radius 1 is 1.13 bits per heavy atom. The Bertz CT molecular complexity index is 652. The fourth-order valence-electron chi connectivity index (χ4n) is 1.96. The number of rotatable bonds is 7. The fourth-order valence-corrected chi connectivity index (χ4v) is 2.71. The smallest absolute Gasteiger partial charge is 0.230 e. The number of benzene rings is 2. The van der Waals surface area contributed by atoms with Crippen LogP contribution in [-0.4, -0.2) is 23.3 Å². The van der Waals surface area contributed by atoms with Gasteiger partial charge in [-0.1, -0.05) is 30.3 Å². The van der Waals surface area contributed by atoms with Crippen molar-refractivity contribution in [3.05, 3.63) is 65.7 Å². The van der Waals surface area contributed by atoms with Gasteiger partial charge >= 0.3 is 0 Å². The van der Waals surface area contributed by atoms with Crippen LogP contribution in [0.3, 0.4) is 0 Å². The van der Waals surface area contributed by atoms with Gasteiger partial charge in [-0.15, -0.1) is 11.8 Å². The number of thioether (sulfide) groups is 1. The summed E-state index contributed by atoms with van der Waals surface area (Å²) in [6, 6.07) is 12.7. The zero-order valence-corrected chi connectivity index (χ0v) is 13.2. The highest BCUT2D eigenvalue weighted by Crippen LogP contribution is 2.20. The minimum Gasteiger partial charge on any atom is -0.388 e. The molecule has 0 saturated heterocycles. The molecule has 0 fully saturated rings. The van der Waals surface area contributed by atoms with Crippen LogP contribution in [0.4, 0.5) is 8.78 Å². The summed E-state index contributed by atoms with van der Waals surface area (Å²) in [4.78, 5) is 12.2. The highest BCUT2D eigenvalue weighted by atomic mass is 32.2. The van der Waals surface area contributed by atoms with Crippen molar-refractivity contribution in [3.63, 3.8) is 0 Å². The van der Waals surface area contributed by atoms with Gasteiger partial charge in [-0.2, -0.15) is 0 Å². The molecule has 0 spiro atoms. The molecule has 2 aromatic rings. The van der Waals surface area contributed by atoms with Crippen LogP contribution in [0.25, 0.3) is 0 Å². The molecule has 0 aliphatic rings. The normalized spacial score (nSPS) is 12.0. The molecule has 1 unspecified atom stereocenters. The number of hydrogen-bond donors (Lipinski definition) is 2. The van der Waals surface area contributed by atoms with E-state index in [2.05, 4.69) is 5.32 Å². The maximum Gasteiger partial charge on any atom is 0.230 e. The Morgan fingerprint density at radius 2 is 1.87 bits per heavy atom. The minimum absolute atomic E-state index is 0.104. The van der Waals surface area contributed by atoms with E-state index in [0.717, 1.165) is 29.5 Å². The highest BCUT2D eigenvalue weighted by molar-refractivity contribution is 8.00. The molecular weight excluding hydrogens is 320 g/mol. The third-order valence-electron chi connectivity index (χ3n) is 3.19. The summed E-state index contributed by atoms with van der Waals surface area (Å²) in [7, 11) is 0. The van der Waals surface area contributed by atoms with Crippen molar-refractivity contribution in [1.82, 2.24) is 5.32 Å². The van der Waals surface area contributed by atoms with Crippen LogP contribution in [0.1, 0.15) is 18.1 Å². The van der Waals surface area contributed by atoms with Crippen LogP contribution in [0.5, 0.6) is 0 Å². The van der Waals surface area contributed by atoms with Crippen molar-refractivity contribution in [2.24, 2.45) is 0 Å². The van der Waals surface area contributed by atoms with Crippen LogP contribution >= 0.6 is 11.8 Å². The average Bonchev–Trinajstić information content (AvgIpc) is 2.56. The Kier molecular flexibility index (Phi) is 6.55. The zero-order valence-electron chi connectivity index (χ0n) is 12.3. The monoisotopic (exact) mass is 337 g/mol. The molecule has 23 heavy (non-hydrogen) atoms. The summed E-state index contributed by atoms with van der Waals surface area (Å²) in [5.41, 5.74) is 0.804. The van der Waals surface area contributed by atoms with Crippen molar-refractivity contribution in [1.29, 1.82) is 0 Å². The number of nitrogens with one attached hydrogen (secondary N) is 1. The molecule has 1 atom stereocenters. The number of aliphatic hydroxyl groups is 1. The van der Waals surface area contributed by atoms with Crippen molar-refractivity contribution in [2.45, 2.75) is 17.4 Å². The predicted octanol–water partition coefficient (Wildman–Crippen LogP) is 3.30. The number of amides is 1. The lowest BCUT2D eigenvalue weighted by molar-refractivity contribution is -0.118. The summed E-state index contributed by atoms with van der Waals surface area (Å²) in [6.45, 7) is 0.341. The van der Waals surface area contributed by atoms with Crippen LogP contribution in [0, 0.1) is 11.6 Å². The Morgan fingerprint density at radius 3 is 2.57 bits per heavy atom. The second kappa shape index (κ2) is 8.64. The lowest BCUT2D eigenvalue weighted by Crippen LogP contribution is -2.27. The second-order valence-electron chi connectivity index (χ2n) is 4.93. The second-order valence-corrected chi connectivity index (χ2v) is 5.98. The maximum absolute atomic E-state index is 13.0. The molecule has 0 aromatic heterocycles. The first-order chi connectivity index (χ1) is 11.1. The first-order valence-corrected chi connectivity index (χ1v) is 8.12. The molecule has 2 aromatic carbocycles. The Labute approximate surface area is 137 Å². The van der Waals surface area contributed by atoms with Crippen LogP contribution in [0.2, 0.25) is 0 Å². The van der Waals surface area contributed by atoms with E-state index in [9.17, 15) is 18.7 Å². The quantitative estimate of drug-likeness (QED) is 0.762. The third-order valence-corrected chi connectivity index (χ3v) is 4.18. The van der Waals surface area contributed by atoms with E-state index in [1.54, 1.807) is 0 Å². The minimum atomic E-state index is -0.929. The summed E-state index contributed by atoms with van der Waals surface area (Å²) in [6.07, 6.45) is -0.221. The van der Waals surface area contributed by atoms with E-state index in [0.29, 0.717) is 17.9 Å². The van der Waals surface area contributed by atoms with Gasteiger partial charge in [0.15, 0.2) is 11.6 Å². The van der Waals surface area contributed by atoms with E-state index in [4.69, 9.17) is 0 Å². The van der Waals surface area contributed by atoms with Gasteiger partial charge in [0.05, 0.1) is 11.9 Å². The van der Waals surface area contributed by atoms with E-state index in [-0.39, 0.29) is 11.7 Å². The van der Waals surface area contributed by atoms with Gasteiger partial charge in [0.25, 0.3) is 0 Å². The molecule has 1 amide bonds. The van der Waals surface area contributed by atoms with Crippen LogP contribution in [0.15, 0.2) is 53.4 Å². The Hall–Kier alpha value is -1.92. The van der Waals surface area contributed by atoms with Gasteiger partial charge in [0, 0.05) is 11.4 Å². The molecule has 0 radical (unpaired) electrons. The first-order valence-electron chi connectivity index (χ1n) is 7.14. The lowest BCUT2D eigenvalue weighted by Gasteiger charge is -2.11. The van der Waals surface area contributed by atoms with Crippen molar-refractivity contribution >= 4 is 17.7 Å². The average molecular weight is 337 g/mol. The highest BCUT2D eigenvalue weighted by Gasteiger charge is 2.09. The van der Waals surface area contributed by atoms with Gasteiger partial charge in [-0.25, -0.2) is 8.78 Å². The van der Waals surface area contributed by atoms with Crippen LogP contribution < -0.4 is 5.32 Å². The van der Waals surface area contributed by atoms with Gasteiger partial charge < -0.3 is 10.4 Å². The molecular formula is C17H17F2NO2S. The number of hydrogen-bond acceptors (Lipinski definition) is 3. The molecule has 0 saturated carbocycles. The van der Waals surface area contributed by atoms with Gasteiger partial charge in [0.1, 0.15) is 0 Å². The van der Waals surface area contributed by atoms with E-state index in [1.807, 2.05) is 30.3 Å². The summed E-state index contributed by atoms with van der Waals surface area (Å²) < 4.78 is 25.8. The third kappa shape index (κ3) is 5.65. The number of aliphatic hydroxyl groups excluding tert-OH is 1. The fraction of sp³-hybridized carbons (Fsp3) is 0.235. The number of carbonyl (C=O) groups excluding carboxylic acids is 1. The van der Waals surface area contributed by atoms with Crippen LogP contribution in [-0.2, 0) is 4.79 Å². The Balaban J connectivity index is 1.70. The lowest BCUT2D eigenvalue weighted by atomic mass is 10.1. The van der Waals surface area contributed by atoms with Gasteiger partial charge in [-0.05, 0) is 30.2 Å². The van der Waals surface area contributed by atoms with E-state index < -0.39 is 17.7 Å². The SMILES string of the molecule is O=C(CSc1ccc(F)c(F)c1)NCCC(O)c1ccccc1. The first kappa shape index (κ1) is 17.4. The van der Waals surface area contributed by atoms with Gasteiger partial charge in [0.2, 0.25) is 5.91 Å². The summed E-state index contributed by atoms with van der Waals surface area (Å²) in [5, 5.41) is 12.7. The van der Waals surface area contributed by atoms with Crippen molar-refractivity contribution in [3.8, 4) is 0 Å². The van der Waals surface area contributed by atoms with E-state index >= 15 is 0 Å². The standard InChI is InChI=1S/C17H17F2NO2S/c18-14-7-6-13(10-15(14)19)23-11-17(22)20-9-8-16(21)12-4-2-1-3-5-12/h1-7,10,16,21H,8-9,11H2,(H,20,22). The predicted molar refractivity (Wildman–Crippen MR) is 86.1 cm³/mol. The molecule has 0 aliphatic heterocycles. The molecule has 2 N–H and O–H groups in total. The number of carbonyl (C=O) groups is 1. The molecule has 0 bridgehead atoms. The molecule has 3 nitrogen and oxygen atoms in total. The topological polar surface area (TPSA) is 49.3 Å². The van der Waals surface area contributed by atoms with Crippen molar-refractivity contribution < 1.29 is 18.7 Å². The maximum atomic E-state index is 13.0. The van der Waals surface area contributed by atoms with Gasteiger partial charge in [-0.3, -0.25) is 4.79 Å². The van der Waals surface area contributed by atoms with Crippen molar-refractivity contribution in [2.75, 3.05) is 12.3 Å². The molecule has 2 rings (SSSR count). The molecule has 122 valence electrons.